The Morgan fingerprint density at radius 2 is 2.12 bits per heavy atom. The summed E-state index contributed by atoms with van der Waals surface area (Å²) in [6, 6.07) is 0. The molecule has 0 aromatic heterocycles. The van der Waals surface area contributed by atoms with Gasteiger partial charge in [-0.2, -0.15) is 0 Å². The van der Waals surface area contributed by atoms with Gasteiger partial charge in [-0.3, -0.25) is 0 Å². The first-order chi connectivity index (χ1) is 7.79. The van der Waals surface area contributed by atoms with Crippen LogP contribution < -0.4 is 0 Å². The Labute approximate surface area is 96.8 Å². The molecule has 2 atom stereocenters. The van der Waals surface area contributed by atoms with Crippen molar-refractivity contribution in [3.05, 3.63) is 12.7 Å². The van der Waals surface area contributed by atoms with E-state index in [0.717, 1.165) is 19.1 Å². The summed E-state index contributed by atoms with van der Waals surface area (Å²) >= 11 is 0. The Hall–Kier alpha value is -0.670. The van der Waals surface area contributed by atoms with E-state index in [1.807, 2.05) is 0 Å². The lowest BCUT2D eigenvalue weighted by atomic mass is 9.94. The fourth-order valence-corrected chi connectivity index (χ4v) is 2.63. The van der Waals surface area contributed by atoms with E-state index in [0.29, 0.717) is 13.0 Å². The lowest BCUT2D eigenvalue weighted by Gasteiger charge is -2.32. The molecule has 1 spiro atoms. The molecule has 1 aliphatic heterocycles. The van der Waals surface area contributed by atoms with E-state index >= 15 is 0 Å². The van der Waals surface area contributed by atoms with Crippen molar-refractivity contribution in [2.24, 2.45) is 5.92 Å². The maximum Gasteiger partial charge on any atom is 0.168 e. The lowest BCUT2D eigenvalue weighted by Crippen LogP contribution is -2.34. The summed E-state index contributed by atoms with van der Waals surface area (Å²) in [4.78, 5) is 11.0. The van der Waals surface area contributed by atoms with Gasteiger partial charge in [0.25, 0.3) is 0 Å². The van der Waals surface area contributed by atoms with Crippen LogP contribution in [0.5, 0.6) is 0 Å². The summed E-state index contributed by atoms with van der Waals surface area (Å²) in [5, 5.41) is 0. The number of allylic oxidation sites excluding steroid dienone is 1. The summed E-state index contributed by atoms with van der Waals surface area (Å²) in [7, 11) is 0. The van der Waals surface area contributed by atoms with Crippen LogP contribution in [0, 0.1) is 5.92 Å². The van der Waals surface area contributed by atoms with Gasteiger partial charge in [-0.25, -0.2) is 0 Å². The minimum Gasteiger partial charge on any atom is -0.347 e. The molecule has 3 heteroatoms. The predicted octanol–water partition coefficient (Wildman–Crippen LogP) is 2.45. The molecule has 1 saturated heterocycles. The largest absolute Gasteiger partial charge is 0.347 e. The number of hydrogen-bond acceptors (Lipinski definition) is 3. The van der Waals surface area contributed by atoms with Crippen molar-refractivity contribution in [2.75, 3.05) is 6.61 Å². The van der Waals surface area contributed by atoms with Crippen molar-refractivity contribution in [3.63, 3.8) is 0 Å². The molecule has 1 unspecified atom stereocenters. The first-order valence-electron chi connectivity index (χ1n) is 6.18. The van der Waals surface area contributed by atoms with E-state index in [4.69, 9.17) is 9.47 Å². The van der Waals surface area contributed by atoms with Gasteiger partial charge < -0.3 is 14.3 Å². The Balaban J connectivity index is 1.95. The third-order valence-corrected chi connectivity index (χ3v) is 3.58. The van der Waals surface area contributed by atoms with Crippen LogP contribution in [-0.4, -0.2) is 24.8 Å². The minimum atomic E-state index is -0.370. The molecule has 0 bridgehead atoms. The Bertz CT molecular complexity index is 256. The molecule has 0 radical (unpaired) electrons. The number of carbonyl (C=O) groups excluding carboxylic acids is 1. The average molecular weight is 224 g/mol. The zero-order valence-corrected chi connectivity index (χ0v) is 9.69. The molecule has 0 amide bonds. The Kier molecular flexibility index (Phi) is 3.77. The van der Waals surface area contributed by atoms with Crippen LogP contribution in [0.1, 0.15) is 38.5 Å². The van der Waals surface area contributed by atoms with E-state index in [1.165, 1.54) is 19.3 Å². The number of carbonyl (C=O) groups is 1. The SMILES string of the molecule is C=CCC(C=O)[C@H]1COC2(CCCCC2)O1. The van der Waals surface area contributed by atoms with Gasteiger partial charge in [0.1, 0.15) is 6.29 Å². The van der Waals surface area contributed by atoms with Crippen LogP contribution in [0.25, 0.3) is 0 Å². The number of rotatable bonds is 4. The quantitative estimate of drug-likeness (QED) is 0.543. The molecule has 2 aliphatic rings. The first-order valence-corrected chi connectivity index (χ1v) is 6.18. The van der Waals surface area contributed by atoms with E-state index in [9.17, 15) is 4.79 Å². The van der Waals surface area contributed by atoms with Crippen LogP contribution in [0.4, 0.5) is 0 Å². The molecular weight excluding hydrogens is 204 g/mol. The number of ether oxygens (including phenoxy) is 2. The third kappa shape index (κ3) is 2.36. The normalized spacial score (nSPS) is 30.1. The maximum absolute atomic E-state index is 11.0. The van der Waals surface area contributed by atoms with Gasteiger partial charge in [0, 0.05) is 18.8 Å². The second kappa shape index (κ2) is 5.11. The smallest absolute Gasteiger partial charge is 0.168 e. The van der Waals surface area contributed by atoms with Crippen molar-refractivity contribution in [1.82, 2.24) is 0 Å². The monoisotopic (exact) mass is 224 g/mol. The maximum atomic E-state index is 11.0. The van der Waals surface area contributed by atoms with Crippen LogP contribution in [0.15, 0.2) is 12.7 Å². The van der Waals surface area contributed by atoms with E-state index in [2.05, 4.69) is 6.58 Å². The van der Waals surface area contributed by atoms with E-state index in [-0.39, 0.29) is 17.8 Å². The second-order valence-corrected chi connectivity index (χ2v) is 4.76. The zero-order chi connectivity index (χ0) is 11.4. The Morgan fingerprint density at radius 1 is 1.38 bits per heavy atom. The third-order valence-electron chi connectivity index (χ3n) is 3.58. The fourth-order valence-electron chi connectivity index (χ4n) is 2.63. The number of aldehydes is 1. The van der Waals surface area contributed by atoms with Gasteiger partial charge in [-0.05, 0) is 19.3 Å². The molecule has 3 nitrogen and oxygen atoms in total. The van der Waals surface area contributed by atoms with Crippen molar-refractivity contribution in [2.45, 2.75) is 50.4 Å². The first kappa shape index (κ1) is 11.8. The van der Waals surface area contributed by atoms with Crippen LogP contribution in [0.3, 0.4) is 0 Å². The van der Waals surface area contributed by atoms with Crippen molar-refractivity contribution in [3.8, 4) is 0 Å². The summed E-state index contributed by atoms with van der Waals surface area (Å²) in [5.41, 5.74) is 0. The second-order valence-electron chi connectivity index (χ2n) is 4.76. The highest BCUT2D eigenvalue weighted by molar-refractivity contribution is 5.55. The summed E-state index contributed by atoms with van der Waals surface area (Å²) in [6.45, 7) is 4.22. The topological polar surface area (TPSA) is 35.5 Å². The minimum absolute atomic E-state index is 0.0754. The molecule has 1 heterocycles. The molecule has 0 aromatic carbocycles. The average Bonchev–Trinajstić information content (AvgIpc) is 2.71. The van der Waals surface area contributed by atoms with Gasteiger partial charge in [-0.15, -0.1) is 6.58 Å². The Morgan fingerprint density at radius 3 is 2.75 bits per heavy atom. The van der Waals surface area contributed by atoms with Crippen LogP contribution in [-0.2, 0) is 14.3 Å². The molecule has 1 aliphatic carbocycles. The number of hydrogen-bond donors (Lipinski definition) is 0. The van der Waals surface area contributed by atoms with Gasteiger partial charge in [0.05, 0.1) is 12.7 Å². The summed E-state index contributed by atoms with van der Waals surface area (Å²) in [6.07, 6.45) is 8.89. The summed E-state index contributed by atoms with van der Waals surface area (Å²) < 4.78 is 11.8. The molecule has 90 valence electrons. The fraction of sp³-hybridized carbons (Fsp3) is 0.769. The highest BCUT2D eigenvalue weighted by Gasteiger charge is 2.44. The van der Waals surface area contributed by atoms with Gasteiger partial charge >= 0.3 is 0 Å². The summed E-state index contributed by atoms with van der Waals surface area (Å²) in [5.74, 6) is -0.468. The van der Waals surface area contributed by atoms with Crippen LogP contribution >= 0.6 is 0 Å². The molecule has 0 aromatic rings. The highest BCUT2D eigenvalue weighted by Crippen LogP contribution is 2.39. The molecule has 0 N–H and O–H groups in total. The highest BCUT2D eigenvalue weighted by atomic mass is 16.7. The van der Waals surface area contributed by atoms with Gasteiger partial charge in [0.15, 0.2) is 5.79 Å². The lowest BCUT2D eigenvalue weighted by molar-refractivity contribution is -0.190. The molecule has 16 heavy (non-hydrogen) atoms. The predicted molar refractivity (Wildman–Crippen MR) is 61.0 cm³/mol. The van der Waals surface area contributed by atoms with Crippen LogP contribution in [0.2, 0.25) is 0 Å². The molecule has 2 fully saturated rings. The van der Waals surface area contributed by atoms with Crippen molar-refractivity contribution in [1.29, 1.82) is 0 Å². The van der Waals surface area contributed by atoms with Crippen molar-refractivity contribution >= 4 is 6.29 Å². The van der Waals surface area contributed by atoms with E-state index in [1.54, 1.807) is 6.08 Å². The van der Waals surface area contributed by atoms with E-state index < -0.39 is 0 Å². The van der Waals surface area contributed by atoms with Gasteiger partial charge in [0.2, 0.25) is 0 Å². The van der Waals surface area contributed by atoms with Crippen molar-refractivity contribution < 1.29 is 14.3 Å². The molecule has 1 saturated carbocycles. The zero-order valence-electron chi connectivity index (χ0n) is 9.69. The molecule has 2 rings (SSSR count). The van der Waals surface area contributed by atoms with Gasteiger partial charge in [-0.1, -0.05) is 12.5 Å². The molecular formula is C13H20O3. The standard InChI is InChI=1S/C13H20O3/c1-2-6-11(9-14)12-10-15-13(16-12)7-4-3-5-8-13/h2,9,11-12H,1,3-8,10H2/t11?,12-/m1/s1.